The summed E-state index contributed by atoms with van der Waals surface area (Å²) in [4.78, 5) is 12.1. The van der Waals surface area contributed by atoms with Crippen LogP contribution in [0.3, 0.4) is 0 Å². The average molecular weight is 382 g/mol. The number of carbonyl (C=O) groups is 1. The molecule has 1 unspecified atom stereocenters. The lowest BCUT2D eigenvalue weighted by Crippen LogP contribution is -2.46. The number of aliphatic hydroxyl groups excluding tert-OH is 1. The molecule has 1 aromatic carbocycles. The topological polar surface area (TPSA) is 49.3 Å². The number of carbonyl (C=O) groups excluding carboxylic acids is 1. The fourth-order valence-corrected chi connectivity index (χ4v) is 2.07. The summed E-state index contributed by atoms with van der Waals surface area (Å²) in [5.74, 6) is -0.161. The lowest BCUT2D eigenvalue weighted by atomic mass is 9.94. The van der Waals surface area contributed by atoms with Gasteiger partial charge in [0.25, 0.3) is 5.91 Å². The van der Waals surface area contributed by atoms with Crippen molar-refractivity contribution in [2.75, 3.05) is 6.61 Å². The van der Waals surface area contributed by atoms with Crippen molar-refractivity contribution in [3.63, 3.8) is 0 Å². The van der Waals surface area contributed by atoms with Crippen molar-refractivity contribution in [1.82, 2.24) is 5.32 Å². The quantitative estimate of drug-likeness (QED) is 0.770. The monoisotopic (exact) mass is 381 g/mol. The Morgan fingerprint density at radius 2 is 2.22 bits per heavy atom. The van der Waals surface area contributed by atoms with Crippen molar-refractivity contribution >= 4 is 40.1 Å². The van der Waals surface area contributed by atoms with E-state index in [2.05, 4.69) is 27.9 Å². The first-order valence-corrected chi connectivity index (χ1v) is 7.26. The molecule has 1 atom stereocenters. The molecule has 18 heavy (non-hydrogen) atoms. The summed E-state index contributed by atoms with van der Waals surface area (Å²) in [5, 5.41) is 12.5. The smallest absolute Gasteiger partial charge is 0.251 e. The third-order valence-electron chi connectivity index (χ3n) is 3.04. The molecule has 1 rings (SSSR count). The van der Waals surface area contributed by atoms with E-state index < -0.39 is 0 Å². The van der Waals surface area contributed by atoms with Crippen LogP contribution in [0, 0.1) is 3.57 Å². The van der Waals surface area contributed by atoms with Crippen LogP contribution >= 0.6 is 34.2 Å². The minimum Gasteiger partial charge on any atom is -0.396 e. The molecule has 100 valence electrons. The predicted molar refractivity (Wildman–Crippen MR) is 82.0 cm³/mol. The Balaban J connectivity index is 2.84. The Morgan fingerprint density at radius 1 is 1.56 bits per heavy atom. The van der Waals surface area contributed by atoms with Crippen LogP contribution in [-0.2, 0) is 0 Å². The zero-order valence-electron chi connectivity index (χ0n) is 10.5. The van der Waals surface area contributed by atoms with Gasteiger partial charge in [0.15, 0.2) is 0 Å². The molecule has 3 nitrogen and oxygen atoms in total. The molecule has 0 aliphatic rings. The third kappa shape index (κ3) is 4.10. The maximum Gasteiger partial charge on any atom is 0.251 e. The van der Waals surface area contributed by atoms with E-state index in [-0.39, 0.29) is 18.1 Å². The Bertz CT molecular complexity index is 439. The molecule has 1 aromatic rings. The molecule has 5 heteroatoms. The Labute approximate surface area is 126 Å². The van der Waals surface area contributed by atoms with Crippen LogP contribution in [0.2, 0.25) is 5.02 Å². The first-order valence-electron chi connectivity index (χ1n) is 5.80. The minimum atomic E-state index is -0.388. The van der Waals surface area contributed by atoms with Gasteiger partial charge in [-0.15, -0.1) is 0 Å². The first kappa shape index (κ1) is 15.7. The van der Waals surface area contributed by atoms with E-state index in [1.165, 1.54) is 0 Å². The molecule has 1 amide bonds. The van der Waals surface area contributed by atoms with Crippen LogP contribution in [0.4, 0.5) is 0 Å². The van der Waals surface area contributed by atoms with Crippen molar-refractivity contribution in [1.29, 1.82) is 0 Å². The molecule has 0 fully saturated rings. The highest BCUT2D eigenvalue weighted by Gasteiger charge is 2.24. The number of amides is 1. The number of hydrogen-bond acceptors (Lipinski definition) is 2. The highest BCUT2D eigenvalue weighted by Crippen LogP contribution is 2.21. The van der Waals surface area contributed by atoms with Crippen LogP contribution in [0.25, 0.3) is 0 Å². The van der Waals surface area contributed by atoms with Gasteiger partial charge < -0.3 is 10.4 Å². The van der Waals surface area contributed by atoms with E-state index >= 15 is 0 Å². The molecule has 0 aromatic heterocycles. The van der Waals surface area contributed by atoms with Crippen molar-refractivity contribution in [3.8, 4) is 0 Å². The summed E-state index contributed by atoms with van der Waals surface area (Å²) in [6.45, 7) is 3.96. The summed E-state index contributed by atoms with van der Waals surface area (Å²) >= 11 is 8.11. The lowest BCUT2D eigenvalue weighted by molar-refractivity contribution is 0.0886. The largest absolute Gasteiger partial charge is 0.396 e. The van der Waals surface area contributed by atoms with Crippen molar-refractivity contribution < 1.29 is 9.90 Å². The van der Waals surface area contributed by atoms with Crippen molar-refractivity contribution in [3.05, 3.63) is 32.4 Å². The van der Waals surface area contributed by atoms with Gasteiger partial charge in [-0.05, 0) is 60.6 Å². The van der Waals surface area contributed by atoms with E-state index in [0.717, 1.165) is 9.99 Å². The Morgan fingerprint density at radius 3 is 2.72 bits per heavy atom. The second-order valence-electron chi connectivity index (χ2n) is 4.47. The van der Waals surface area contributed by atoms with E-state index in [9.17, 15) is 4.79 Å². The average Bonchev–Trinajstić information content (AvgIpc) is 2.32. The van der Waals surface area contributed by atoms with Crippen LogP contribution in [0.1, 0.15) is 37.0 Å². The predicted octanol–water partition coefficient (Wildman–Crippen LogP) is 3.23. The molecule has 0 aliphatic carbocycles. The summed E-state index contributed by atoms with van der Waals surface area (Å²) < 4.78 is 0.916. The van der Waals surface area contributed by atoms with Gasteiger partial charge in [0.05, 0.1) is 5.02 Å². The van der Waals surface area contributed by atoms with Gasteiger partial charge in [0, 0.05) is 21.3 Å². The second-order valence-corrected chi connectivity index (χ2v) is 6.04. The third-order valence-corrected chi connectivity index (χ3v) is 4.61. The molecule has 0 heterocycles. The maximum atomic E-state index is 12.1. The van der Waals surface area contributed by atoms with Gasteiger partial charge in [-0.2, -0.15) is 0 Å². The fraction of sp³-hybridized carbons (Fsp3) is 0.462. The normalized spacial score (nSPS) is 14.1. The highest BCUT2D eigenvalue weighted by molar-refractivity contribution is 14.1. The summed E-state index contributed by atoms with van der Waals surface area (Å²) in [6, 6.07) is 5.22. The van der Waals surface area contributed by atoms with Crippen LogP contribution in [0.15, 0.2) is 18.2 Å². The Hall–Kier alpha value is -0.330. The zero-order chi connectivity index (χ0) is 13.8. The first-order chi connectivity index (χ1) is 8.41. The molecule has 0 spiro atoms. The molecule has 2 N–H and O–H groups in total. The second kappa shape index (κ2) is 6.73. The van der Waals surface area contributed by atoms with E-state index in [4.69, 9.17) is 16.7 Å². The van der Waals surface area contributed by atoms with Crippen molar-refractivity contribution in [2.45, 2.75) is 32.2 Å². The van der Waals surface area contributed by atoms with Gasteiger partial charge in [-0.3, -0.25) is 4.79 Å². The number of rotatable bonds is 5. The maximum absolute atomic E-state index is 12.1. The number of nitrogens with one attached hydrogen (secondary N) is 1. The minimum absolute atomic E-state index is 0.0536. The number of benzene rings is 1. The van der Waals surface area contributed by atoms with Crippen LogP contribution in [-0.4, -0.2) is 23.2 Å². The summed E-state index contributed by atoms with van der Waals surface area (Å²) in [6.07, 6.45) is 1.30. The fourth-order valence-electron chi connectivity index (χ4n) is 1.56. The van der Waals surface area contributed by atoms with Crippen LogP contribution in [0.5, 0.6) is 0 Å². The summed E-state index contributed by atoms with van der Waals surface area (Å²) in [7, 11) is 0. The molecular formula is C13H17ClINO2. The number of aliphatic hydroxyl groups is 1. The van der Waals surface area contributed by atoms with Gasteiger partial charge in [0.2, 0.25) is 0 Å². The molecule has 0 bridgehead atoms. The van der Waals surface area contributed by atoms with Gasteiger partial charge in [-0.1, -0.05) is 18.5 Å². The van der Waals surface area contributed by atoms with Gasteiger partial charge in [-0.25, -0.2) is 0 Å². The van der Waals surface area contributed by atoms with Gasteiger partial charge in [0.1, 0.15) is 0 Å². The molecule has 0 saturated heterocycles. The highest BCUT2D eigenvalue weighted by atomic mass is 127. The number of hydrogen-bond donors (Lipinski definition) is 2. The lowest BCUT2D eigenvalue weighted by Gasteiger charge is -2.29. The standard InChI is InChI=1S/C13H17ClINO2/c1-3-13(2,6-7-17)16-12(18)9-4-5-11(15)10(14)8-9/h4-5,8,17H,3,6-7H2,1-2H3,(H,16,18). The van der Waals surface area contributed by atoms with Gasteiger partial charge >= 0.3 is 0 Å². The van der Waals surface area contributed by atoms with E-state index in [0.29, 0.717) is 17.0 Å². The molecule has 0 aliphatic heterocycles. The number of halogens is 2. The van der Waals surface area contributed by atoms with E-state index in [1.807, 2.05) is 19.9 Å². The zero-order valence-corrected chi connectivity index (χ0v) is 13.4. The summed E-state index contributed by atoms with van der Waals surface area (Å²) in [5.41, 5.74) is 0.152. The Kier molecular flexibility index (Phi) is 5.88. The van der Waals surface area contributed by atoms with E-state index in [1.54, 1.807) is 12.1 Å². The van der Waals surface area contributed by atoms with Crippen LogP contribution < -0.4 is 5.32 Å². The molecule has 0 radical (unpaired) electrons. The molecular weight excluding hydrogens is 365 g/mol. The SMILES string of the molecule is CCC(C)(CCO)NC(=O)c1ccc(I)c(Cl)c1. The molecule has 0 saturated carbocycles. The van der Waals surface area contributed by atoms with Crippen molar-refractivity contribution in [2.24, 2.45) is 0 Å².